The Labute approximate surface area is 97.5 Å². The minimum absolute atomic E-state index is 0.375. The third-order valence-electron chi connectivity index (χ3n) is 2.47. The highest BCUT2D eigenvalue weighted by atomic mass is 79.9. The molecule has 0 aromatic heterocycles. The molecule has 0 aliphatic heterocycles. The summed E-state index contributed by atoms with van der Waals surface area (Å²) in [5.41, 5.74) is 1.07. The first-order valence-electron chi connectivity index (χ1n) is 4.72. The van der Waals surface area contributed by atoms with Gasteiger partial charge in [-0.25, -0.2) is 0 Å². The number of rotatable bonds is 2. The van der Waals surface area contributed by atoms with Gasteiger partial charge in [0, 0.05) is 9.85 Å². The zero-order valence-corrected chi connectivity index (χ0v) is 10.3. The van der Waals surface area contributed by atoms with E-state index in [0.717, 1.165) is 29.2 Å². The van der Waals surface area contributed by atoms with E-state index in [2.05, 4.69) is 15.9 Å². The number of benzene rings is 1. The molecule has 0 N–H and O–H groups in total. The molecule has 14 heavy (non-hydrogen) atoms. The summed E-state index contributed by atoms with van der Waals surface area (Å²) in [6.07, 6.45) is 2.57. The van der Waals surface area contributed by atoms with E-state index >= 15 is 0 Å². The molecule has 1 aliphatic carbocycles. The van der Waals surface area contributed by atoms with Gasteiger partial charge in [-0.2, -0.15) is 0 Å². The number of halogens is 2. The second-order valence-electron chi connectivity index (χ2n) is 3.72. The van der Waals surface area contributed by atoms with Crippen molar-refractivity contribution in [1.29, 1.82) is 0 Å². The minimum atomic E-state index is 0.375. The molecule has 0 spiro atoms. The predicted octanol–water partition coefficient (Wildman–Crippen LogP) is 3.95. The van der Waals surface area contributed by atoms with Gasteiger partial charge in [-0.3, -0.25) is 0 Å². The lowest BCUT2D eigenvalue weighted by atomic mass is 9.96. The normalized spacial score (nSPS) is 25.6. The van der Waals surface area contributed by atoms with Crippen LogP contribution in [0, 0.1) is 6.92 Å². The van der Waals surface area contributed by atoms with Crippen LogP contribution in [0.2, 0.25) is 5.02 Å². The van der Waals surface area contributed by atoms with Gasteiger partial charge in [0.15, 0.2) is 0 Å². The number of ether oxygens (including phenoxy) is 1. The van der Waals surface area contributed by atoms with Crippen molar-refractivity contribution in [3.63, 3.8) is 0 Å². The fraction of sp³-hybridized carbons (Fsp3) is 0.455. The van der Waals surface area contributed by atoms with Crippen LogP contribution in [-0.4, -0.2) is 10.9 Å². The molecular formula is C11H12BrClO. The standard InChI is InChI=1S/C11H12BrClO/c1-7-4-9(2-3-11(7)13)14-10-5-8(12)6-10/h2-4,8,10H,5-6H2,1H3. The third-order valence-corrected chi connectivity index (χ3v) is 3.64. The van der Waals surface area contributed by atoms with E-state index < -0.39 is 0 Å². The van der Waals surface area contributed by atoms with Crippen molar-refractivity contribution in [1.82, 2.24) is 0 Å². The van der Waals surface area contributed by atoms with Crippen molar-refractivity contribution in [2.45, 2.75) is 30.7 Å². The molecule has 0 atom stereocenters. The van der Waals surface area contributed by atoms with Gasteiger partial charge in [-0.05, 0) is 43.5 Å². The lowest BCUT2D eigenvalue weighted by Crippen LogP contribution is -2.33. The summed E-state index contributed by atoms with van der Waals surface area (Å²) >= 11 is 9.46. The van der Waals surface area contributed by atoms with Crippen molar-refractivity contribution in [3.8, 4) is 5.75 Å². The van der Waals surface area contributed by atoms with Gasteiger partial charge in [0.25, 0.3) is 0 Å². The number of hydrogen-bond acceptors (Lipinski definition) is 1. The van der Waals surface area contributed by atoms with Gasteiger partial charge in [0.1, 0.15) is 11.9 Å². The van der Waals surface area contributed by atoms with Crippen LogP contribution in [0.1, 0.15) is 18.4 Å². The Hall–Kier alpha value is -0.210. The molecule has 76 valence electrons. The fourth-order valence-electron chi connectivity index (χ4n) is 1.48. The first-order valence-corrected chi connectivity index (χ1v) is 6.01. The summed E-state index contributed by atoms with van der Waals surface area (Å²) in [5.74, 6) is 0.927. The van der Waals surface area contributed by atoms with E-state index in [1.807, 2.05) is 25.1 Å². The molecule has 1 nitrogen and oxygen atoms in total. The van der Waals surface area contributed by atoms with Crippen LogP contribution in [0.25, 0.3) is 0 Å². The van der Waals surface area contributed by atoms with Crippen molar-refractivity contribution >= 4 is 27.5 Å². The van der Waals surface area contributed by atoms with Gasteiger partial charge in [0.05, 0.1) is 0 Å². The smallest absolute Gasteiger partial charge is 0.120 e. The van der Waals surface area contributed by atoms with E-state index in [-0.39, 0.29) is 0 Å². The molecule has 0 amide bonds. The van der Waals surface area contributed by atoms with Gasteiger partial charge >= 0.3 is 0 Å². The average molecular weight is 276 g/mol. The monoisotopic (exact) mass is 274 g/mol. The van der Waals surface area contributed by atoms with Crippen molar-refractivity contribution in [2.75, 3.05) is 0 Å². The van der Waals surface area contributed by atoms with Crippen LogP contribution in [0.5, 0.6) is 5.75 Å². The van der Waals surface area contributed by atoms with Gasteiger partial charge in [-0.1, -0.05) is 27.5 Å². The summed E-state index contributed by atoms with van der Waals surface area (Å²) in [6, 6.07) is 5.80. The maximum Gasteiger partial charge on any atom is 0.120 e. The molecule has 1 fully saturated rings. The Morgan fingerprint density at radius 2 is 2.14 bits per heavy atom. The Bertz CT molecular complexity index is 334. The molecule has 0 saturated heterocycles. The predicted molar refractivity (Wildman–Crippen MR) is 62.6 cm³/mol. The SMILES string of the molecule is Cc1cc(OC2CC(Br)C2)ccc1Cl. The zero-order valence-electron chi connectivity index (χ0n) is 7.97. The average Bonchev–Trinajstić information content (AvgIpc) is 2.09. The Kier molecular flexibility index (Phi) is 3.03. The lowest BCUT2D eigenvalue weighted by Gasteiger charge is -2.31. The van der Waals surface area contributed by atoms with Gasteiger partial charge < -0.3 is 4.74 Å². The molecule has 1 saturated carbocycles. The molecule has 1 aliphatic rings. The van der Waals surface area contributed by atoms with E-state index in [9.17, 15) is 0 Å². The van der Waals surface area contributed by atoms with Crippen molar-refractivity contribution < 1.29 is 4.74 Å². The fourth-order valence-corrected chi connectivity index (χ4v) is 2.43. The Morgan fingerprint density at radius 1 is 1.43 bits per heavy atom. The van der Waals surface area contributed by atoms with Crippen LogP contribution < -0.4 is 4.74 Å². The molecule has 1 aromatic rings. The molecule has 0 unspecified atom stereocenters. The maximum atomic E-state index is 5.93. The summed E-state index contributed by atoms with van der Waals surface area (Å²) in [6.45, 7) is 1.99. The van der Waals surface area contributed by atoms with Crippen LogP contribution in [0.4, 0.5) is 0 Å². The van der Waals surface area contributed by atoms with Crippen LogP contribution in [0.3, 0.4) is 0 Å². The van der Waals surface area contributed by atoms with Gasteiger partial charge in [-0.15, -0.1) is 0 Å². The molecule has 0 radical (unpaired) electrons. The minimum Gasteiger partial charge on any atom is -0.490 e. The maximum absolute atomic E-state index is 5.93. The first-order chi connectivity index (χ1) is 6.65. The number of alkyl halides is 1. The van der Waals surface area contributed by atoms with Crippen molar-refractivity contribution in [3.05, 3.63) is 28.8 Å². The highest BCUT2D eigenvalue weighted by Crippen LogP contribution is 2.32. The highest BCUT2D eigenvalue weighted by Gasteiger charge is 2.28. The third kappa shape index (κ3) is 2.23. The van der Waals surface area contributed by atoms with Crippen LogP contribution >= 0.6 is 27.5 Å². The highest BCUT2D eigenvalue weighted by molar-refractivity contribution is 9.09. The molecule has 1 aromatic carbocycles. The summed E-state index contributed by atoms with van der Waals surface area (Å²) < 4.78 is 5.77. The summed E-state index contributed by atoms with van der Waals surface area (Å²) in [5, 5.41) is 0.796. The van der Waals surface area contributed by atoms with E-state index in [1.165, 1.54) is 0 Å². The molecule has 0 bridgehead atoms. The molecule has 0 heterocycles. The topological polar surface area (TPSA) is 9.23 Å². The van der Waals surface area contributed by atoms with Gasteiger partial charge in [0.2, 0.25) is 0 Å². The second-order valence-corrected chi connectivity index (χ2v) is 5.42. The first kappa shape index (κ1) is 10.3. The van der Waals surface area contributed by atoms with Crippen LogP contribution in [0.15, 0.2) is 18.2 Å². The largest absolute Gasteiger partial charge is 0.490 e. The Balaban J connectivity index is 2.00. The molecule has 2 rings (SSSR count). The summed E-state index contributed by atoms with van der Waals surface area (Å²) in [4.78, 5) is 0.640. The second kappa shape index (κ2) is 4.11. The number of hydrogen-bond donors (Lipinski definition) is 0. The van der Waals surface area contributed by atoms with Crippen LogP contribution in [-0.2, 0) is 0 Å². The van der Waals surface area contributed by atoms with E-state index in [0.29, 0.717) is 10.9 Å². The number of aryl methyl sites for hydroxylation is 1. The summed E-state index contributed by atoms with van der Waals surface area (Å²) in [7, 11) is 0. The molecular weight excluding hydrogens is 263 g/mol. The van der Waals surface area contributed by atoms with Crippen molar-refractivity contribution in [2.24, 2.45) is 0 Å². The van der Waals surface area contributed by atoms with E-state index in [1.54, 1.807) is 0 Å². The molecule has 3 heteroatoms. The van der Waals surface area contributed by atoms with E-state index in [4.69, 9.17) is 16.3 Å². The Morgan fingerprint density at radius 3 is 2.71 bits per heavy atom. The lowest BCUT2D eigenvalue weighted by molar-refractivity contribution is 0.128. The quantitative estimate of drug-likeness (QED) is 0.743. The zero-order chi connectivity index (χ0) is 10.1.